The molecule has 1 aliphatic rings. The molecule has 90 valence electrons. The van der Waals surface area contributed by atoms with E-state index in [9.17, 15) is 18.4 Å². The van der Waals surface area contributed by atoms with Gasteiger partial charge in [0.15, 0.2) is 5.82 Å². The van der Waals surface area contributed by atoms with Crippen LogP contribution in [0.1, 0.15) is 5.56 Å². The van der Waals surface area contributed by atoms with Crippen LogP contribution in [0.15, 0.2) is 12.1 Å². The maximum absolute atomic E-state index is 13.8. The second kappa shape index (κ2) is 4.12. The highest BCUT2D eigenvalue weighted by atomic mass is 19.1. The second-order valence-electron chi connectivity index (χ2n) is 3.73. The Morgan fingerprint density at radius 1 is 1.18 bits per heavy atom. The molecule has 1 heterocycles. The van der Waals surface area contributed by atoms with Crippen molar-refractivity contribution in [2.75, 3.05) is 18.0 Å². The maximum atomic E-state index is 13.8. The normalized spacial score (nSPS) is 16.1. The Hall–Kier alpha value is -1.98. The van der Waals surface area contributed by atoms with Gasteiger partial charge >= 0.3 is 11.9 Å². The van der Waals surface area contributed by atoms with Crippen LogP contribution in [0.3, 0.4) is 0 Å². The molecule has 4 nitrogen and oxygen atoms in total. The molecule has 1 aromatic rings. The van der Waals surface area contributed by atoms with Crippen LogP contribution in [-0.4, -0.2) is 25.0 Å². The first-order valence-corrected chi connectivity index (χ1v) is 4.92. The van der Waals surface area contributed by atoms with E-state index >= 15 is 0 Å². The summed E-state index contributed by atoms with van der Waals surface area (Å²) >= 11 is 0. The standard InChI is InChI=1S/C11H9F2NO3/c1-6-2-3-7(12)11(10(6)13)14-4-8(15)17-9(16)5-14/h2-3H,4-5H2,1H3. The Kier molecular flexibility index (Phi) is 2.79. The molecule has 17 heavy (non-hydrogen) atoms. The Labute approximate surface area is 95.8 Å². The Bertz CT molecular complexity index is 486. The number of hydrogen-bond donors (Lipinski definition) is 0. The Morgan fingerprint density at radius 2 is 1.76 bits per heavy atom. The van der Waals surface area contributed by atoms with Crippen LogP contribution in [-0.2, 0) is 14.3 Å². The maximum Gasteiger partial charge on any atom is 0.333 e. The lowest BCUT2D eigenvalue weighted by atomic mass is 10.1. The Morgan fingerprint density at radius 3 is 2.35 bits per heavy atom. The molecule has 0 bridgehead atoms. The number of halogens is 2. The van der Waals surface area contributed by atoms with Gasteiger partial charge in [-0.25, -0.2) is 18.4 Å². The third-order valence-electron chi connectivity index (χ3n) is 2.44. The van der Waals surface area contributed by atoms with Crippen LogP contribution in [0.2, 0.25) is 0 Å². The van der Waals surface area contributed by atoms with E-state index in [4.69, 9.17) is 0 Å². The van der Waals surface area contributed by atoms with Crippen LogP contribution in [0.25, 0.3) is 0 Å². The Balaban J connectivity index is 2.43. The van der Waals surface area contributed by atoms with Crippen molar-refractivity contribution in [1.29, 1.82) is 0 Å². The molecule has 0 saturated carbocycles. The molecule has 0 spiro atoms. The molecule has 2 rings (SSSR count). The van der Waals surface area contributed by atoms with E-state index in [1.54, 1.807) is 0 Å². The summed E-state index contributed by atoms with van der Waals surface area (Å²) in [7, 11) is 0. The number of aryl methyl sites for hydroxylation is 1. The number of rotatable bonds is 1. The summed E-state index contributed by atoms with van der Waals surface area (Å²) in [4.78, 5) is 23.1. The topological polar surface area (TPSA) is 46.6 Å². The second-order valence-corrected chi connectivity index (χ2v) is 3.73. The average Bonchev–Trinajstić information content (AvgIpc) is 2.23. The highest BCUT2D eigenvalue weighted by Gasteiger charge is 2.29. The number of esters is 2. The minimum Gasteiger partial charge on any atom is -0.390 e. The monoisotopic (exact) mass is 241 g/mol. The largest absolute Gasteiger partial charge is 0.390 e. The molecule has 6 heteroatoms. The molecule has 0 radical (unpaired) electrons. The first kappa shape index (κ1) is 11.5. The highest BCUT2D eigenvalue weighted by molar-refractivity contribution is 5.94. The van der Waals surface area contributed by atoms with Crippen molar-refractivity contribution >= 4 is 17.6 Å². The van der Waals surface area contributed by atoms with Gasteiger partial charge in [-0.2, -0.15) is 0 Å². The lowest BCUT2D eigenvalue weighted by molar-refractivity contribution is -0.160. The fourth-order valence-electron chi connectivity index (χ4n) is 1.65. The zero-order valence-corrected chi connectivity index (χ0v) is 9.00. The molecular formula is C11H9F2NO3. The van der Waals surface area contributed by atoms with E-state index in [1.165, 1.54) is 13.0 Å². The van der Waals surface area contributed by atoms with Crippen molar-refractivity contribution in [3.8, 4) is 0 Å². The van der Waals surface area contributed by atoms with Gasteiger partial charge in [-0.05, 0) is 18.6 Å². The SMILES string of the molecule is Cc1ccc(F)c(N2CC(=O)OC(=O)C2)c1F. The van der Waals surface area contributed by atoms with Crippen molar-refractivity contribution < 1.29 is 23.1 Å². The van der Waals surface area contributed by atoms with Gasteiger partial charge < -0.3 is 9.64 Å². The van der Waals surface area contributed by atoms with Crippen molar-refractivity contribution in [1.82, 2.24) is 0 Å². The number of anilines is 1. The molecule has 0 aromatic heterocycles. The summed E-state index contributed by atoms with van der Waals surface area (Å²) in [6, 6.07) is 2.39. The smallest absolute Gasteiger partial charge is 0.333 e. The quantitative estimate of drug-likeness (QED) is 0.547. The van der Waals surface area contributed by atoms with E-state index < -0.39 is 23.6 Å². The molecular weight excluding hydrogens is 232 g/mol. The van der Waals surface area contributed by atoms with Gasteiger partial charge in [0, 0.05) is 0 Å². The van der Waals surface area contributed by atoms with Crippen molar-refractivity contribution in [3.63, 3.8) is 0 Å². The fourth-order valence-corrected chi connectivity index (χ4v) is 1.65. The molecule has 0 N–H and O–H groups in total. The van der Waals surface area contributed by atoms with Crippen LogP contribution in [0, 0.1) is 18.6 Å². The van der Waals surface area contributed by atoms with Crippen LogP contribution >= 0.6 is 0 Å². The summed E-state index contributed by atoms with van der Waals surface area (Å²) in [5, 5.41) is 0. The van der Waals surface area contributed by atoms with Gasteiger partial charge in [0.25, 0.3) is 0 Å². The number of carbonyl (C=O) groups excluding carboxylic acids is 2. The van der Waals surface area contributed by atoms with E-state index in [2.05, 4.69) is 4.74 Å². The zero-order valence-electron chi connectivity index (χ0n) is 9.00. The van der Waals surface area contributed by atoms with Crippen LogP contribution in [0.5, 0.6) is 0 Å². The number of morpholine rings is 1. The minimum atomic E-state index is -0.818. The van der Waals surface area contributed by atoms with Crippen molar-refractivity contribution in [2.24, 2.45) is 0 Å². The summed E-state index contributed by atoms with van der Waals surface area (Å²) in [5.74, 6) is -3.22. The van der Waals surface area contributed by atoms with Gasteiger partial charge in [0.2, 0.25) is 0 Å². The van der Waals surface area contributed by atoms with Gasteiger partial charge in [-0.3, -0.25) is 0 Å². The number of benzene rings is 1. The average molecular weight is 241 g/mol. The number of carbonyl (C=O) groups is 2. The van der Waals surface area contributed by atoms with Crippen LogP contribution in [0.4, 0.5) is 14.5 Å². The molecule has 1 saturated heterocycles. The lowest BCUT2D eigenvalue weighted by Crippen LogP contribution is -2.43. The number of hydrogen-bond acceptors (Lipinski definition) is 4. The van der Waals surface area contributed by atoms with E-state index in [0.29, 0.717) is 0 Å². The fraction of sp³-hybridized carbons (Fsp3) is 0.273. The molecule has 0 unspecified atom stereocenters. The van der Waals surface area contributed by atoms with E-state index in [1.807, 2.05) is 0 Å². The molecule has 0 atom stereocenters. The first-order chi connectivity index (χ1) is 7.99. The lowest BCUT2D eigenvalue weighted by Gasteiger charge is -2.27. The third kappa shape index (κ3) is 2.11. The minimum absolute atomic E-state index is 0.243. The number of ether oxygens (including phenoxy) is 1. The summed E-state index contributed by atoms with van der Waals surface area (Å²) in [5.41, 5.74) is -0.122. The predicted molar refractivity (Wildman–Crippen MR) is 54.4 cm³/mol. The zero-order chi connectivity index (χ0) is 12.6. The highest BCUT2D eigenvalue weighted by Crippen LogP contribution is 2.26. The van der Waals surface area contributed by atoms with Gasteiger partial charge in [-0.15, -0.1) is 0 Å². The molecule has 1 aliphatic heterocycles. The molecule has 0 aliphatic carbocycles. The first-order valence-electron chi connectivity index (χ1n) is 4.92. The van der Waals surface area contributed by atoms with Gasteiger partial charge in [-0.1, -0.05) is 6.07 Å². The third-order valence-corrected chi connectivity index (χ3v) is 2.44. The molecule has 1 fully saturated rings. The summed E-state index contributed by atoms with van der Waals surface area (Å²) in [6.07, 6.45) is 0. The predicted octanol–water partition coefficient (Wildman–Crippen LogP) is 1.16. The number of nitrogens with zero attached hydrogens (tertiary/aromatic N) is 1. The number of cyclic esters (lactones) is 2. The van der Waals surface area contributed by atoms with Crippen LogP contribution < -0.4 is 4.90 Å². The summed E-state index contributed by atoms with van der Waals surface area (Å²) in [6.45, 7) is 0.786. The van der Waals surface area contributed by atoms with Gasteiger partial charge in [0.1, 0.15) is 24.6 Å². The van der Waals surface area contributed by atoms with Crippen molar-refractivity contribution in [2.45, 2.75) is 6.92 Å². The molecule has 0 amide bonds. The van der Waals surface area contributed by atoms with Gasteiger partial charge in [0.05, 0.1) is 0 Å². The summed E-state index contributed by atoms with van der Waals surface area (Å²) < 4.78 is 31.6. The van der Waals surface area contributed by atoms with E-state index in [0.717, 1.165) is 11.0 Å². The van der Waals surface area contributed by atoms with E-state index in [-0.39, 0.29) is 24.3 Å². The molecule has 1 aromatic carbocycles. The van der Waals surface area contributed by atoms with Crippen molar-refractivity contribution in [3.05, 3.63) is 29.3 Å².